The summed E-state index contributed by atoms with van der Waals surface area (Å²) in [5.74, 6) is 0.590. The minimum Gasteiger partial charge on any atom is -0.368 e. The molecule has 174 valence electrons. The van der Waals surface area contributed by atoms with E-state index in [1.165, 1.54) is 4.88 Å². The fourth-order valence-corrected chi connectivity index (χ4v) is 6.30. The van der Waals surface area contributed by atoms with Crippen LogP contribution in [0.1, 0.15) is 56.0 Å². The van der Waals surface area contributed by atoms with Crippen LogP contribution in [0.5, 0.6) is 0 Å². The molecule has 1 aromatic heterocycles. The van der Waals surface area contributed by atoms with Crippen LogP contribution < -0.4 is 5.32 Å². The number of hydrogen-bond acceptors (Lipinski definition) is 6. The summed E-state index contributed by atoms with van der Waals surface area (Å²) in [7, 11) is 0. The van der Waals surface area contributed by atoms with Crippen molar-refractivity contribution in [2.24, 2.45) is 11.3 Å². The van der Waals surface area contributed by atoms with Crippen LogP contribution in [0.3, 0.4) is 0 Å². The molecule has 2 atom stereocenters. The lowest BCUT2D eigenvalue weighted by molar-refractivity contribution is -0.142. The molecule has 3 heterocycles. The average molecular weight is 459 g/mol. The number of carbonyl (C=O) groups is 2. The Morgan fingerprint density at radius 1 is 1.22 bits per heavy atom. The van der Waals surface area contributed by atoms with E-state index in [9.17, 15) is 14.9 Å². The molecule has 0 spiro atoms. The van der Waals surface area contributed by atoms with Crippen LogP contribution in [-0.2, 0) is 27.2 Å². The van der Waals surface area contributed by atoms with Gasteiger partial charge in [-0.05, 0) is 49.0 Å². The lowest BCUT2D eigenvalue weighted by atomic mass is 9.72. The fourth-order valence-electron chi connectivity index (χ4n) is 5.00. The Morgan fingerprint density at radius 3 is 2.59 bits per heavy atom. The highest BCUT2D eigenvalue weighted by Gasteiger charge is 2.33. The van der Waals surface area contributed by atoms with Crippen LogP contribution in [0.4, 0.5) is 5.00 Å². The Balaban J connectivity index is 1.32. The maximum absolute atomic E-state index is 12.8. The van der Waals surface area contributed by atoms with Crippen molar-refractivity contribution >= 4 is 28.2 Å². The number of nitrogens with zero attached hydrogens (tertiary/aromatic N) is 3. The summed E-state index contributed by atoms with van der Waals surface area (Å²) in [4.78, 5) is 30.4. The SMILES string of the molecule is CC(C)(C)[C@@H]1CCc2c(sc(NC(=O)CN3CCN(C(=O)[C@@H]4CCCO4)CC3)c2C#N)C1. The zero-order valence-electron chi connectivity index (χ0n) is 19.4. The summed E-state index contributed by atoms with van der Waals surface area (Å²) in [6.45, 7) is 10.4. The summed E-state index contributed by atoms with van der Waals surface area (Å²) in [6.07, 6.45) is 4.46. The molecule has 2 fully saturated rings. The van der Waals surface area contributed by atoms with Crippen LogP contribution in [0.25, 0.3) is 0 Å². The van der Waals surface area contributed by atoms with Crippen molar-refractivity contribution in [2.75, 3.05) is 44.6 Å². The van der Waals surface area contributed by atoms with Crippen molar-refractivity contribution in [3.63, 3.8) is 0 Å². The van der Waals surface area contributed by atoms with Crippen molar-refractivity contribution in [3.8, 4) is 6.07 Å². The first kappa shape index (κ1) is 23.2. The molecule has 2 aliphatic heterocycles. The van der Waals surface area contributed by atoms with E-state index >= 15 is 0 Å². The fraction of sp³-hybridized carbons (Fsp3) is 0.708. The van der Waals surface area contributed by atoms with Gasteiger partial charge in [-0.25, -0.2) is 0 Å². The van der Waals surface area contributed by atoms with E-state index in [-0.39, 0.29) is 29.9 Å². The van der Waals surface area contributed by atoms with Gasteiger partial charge in [0.15, 0.2) is 0 Å². The molecule has 1 aliphatic carbocycles. The second-order valence-electron chi connectivity index (χ2n) is 10.3. The van der Waals surface area contributed by atoms with E-state index in [2.05, 4.69) is 37.1 Å². The van der Waals surface area contributed by atoms with Crippen molar-refractivity contribution in [1.82, 2.24) is 9.80 Å². The van der Waals surface area contributed by atoms with Gasteiger partial charge in [0, 0.05) is 37.7 Å². The number of anilines is 1. The van der Waals surface area contributed by atoms with Gasteiger partial charge >= 0.3 is 0 Å². The van der Waals surface area contributed by atoms with E-state index in [1.807, 2.05) is 4.90 Å². The third kappa shape index (κ3) is 5.00. The monoisotopic (exact) mass is 458 g/mol. The van der Waals surface area contributed by atoms with E-state index in [4.69, 9.17) is 4.74 Å². The Hall–Kier alpha value is -1.95. The molecule has 0 aromatic carbocycles. The van der Waals surface area contributed by atoms with Crippen LogP contribution in [0.15, 0.2) is 0 Å². The predicted octanol–water partition coefficient (Wildman–Crippen LogP) is 3.03. The highest BCUT2D eigenvalue weighted by atomic mass is 32.1. The van der Waals surface area contributed by atoms with Gasteiger partial charge in [0.1, 0.15) is 17.2 Å². The first-order valence-corrected chi connectivity index (χ1v) is 12.5. The molecule has 2 saturated heterocycles. The quantitative estimate of drug-likeness (QED) is 0.750. The maximum Gasteiger partial charge on any atom is 0.251 e. The molecule has 0 unspecified atom stereocenters. The number of piperazine rings is 1. The molecule has 1 aromatic rings. The van der Waals surface area contributed by atoms with Crippen molar-refractivity contribution in [1.29, 1.82) is 5.26 Å². The number of hydrogen-bond donors (Lipinski definition) is 1. The lowest BCUT2D eigenvalue weighted by Gasteiger charge is -2.35. The molecule has 2 amide bonds. The zero-order valence-corrected chi connectivity index (χ0v) is 20.2. The first-order chi connectivity index (χ1) is 15.3. The van der Waals surface area contributed by atoms with Crippen LogP contribution in [-0.4, -0.2) is 67.0 Å². The van der Waals surface area contributed by atoms with Gasteiger partial charge in [-0.2, -0.15) is 5.26 Å². The molecule has 8 heteroatoms. The summed E-state index contributed by atoms with van der Waals surface area (Å²) < 4.78 is 5.51. The molecule has 1 N–H and O–H groups in total. The summed E-state index contributed by atoms with van der Waals surface area (Å²) >= 11 is 1.58. The molecule has 7 nitrogen and oxygen atoms in total. The van der Waals surface area contributed by atoms with Crippen LogP contribution >= 0.6 is 11.3 Å². The second-order valence-corrected chi connectivity index (χ2v) is 11.4. The predicted molar refractivity (Wildman–Crippen MR) is 125 cm³/mol. The molecule has 32 heavy (non-hydrogen) atoms. The lowest BCUT2D eigenvalue weighted by Crippen LogP contribution is -2.52. The maximum atomic E-state index is 12.8. The van der Waals surface area contributed by atoms with Crippen molar-refractivity contribution in [3.05, 3.63) is 16.0 Å². The number of thiophene rings is 1. The second kappa shape index (κ2) is 9.50. The zero-order chi connectivity index (χ0) is 22.9. The first-order valence-electron chi connectivity index (χ1n) is 11.7. The van der Waals surface area contributed by atoms with Gasteiger partial charge in [-0.3, -0.25) is 14.5 Å². The Morgan fingerprint density at radius 2 is 1.97 bits per heavy atom. The Labute approximate surface area is 194 Å². The third-order valence-electron chi connectivity index (χ3n) is 7.11. The van der Waals surface area contributed by atoms with Gasteiger partial charge < -0.3 is 15.0 Å². The normalized spacial score (nSPS) is 24.1. The minimum absolute atomic E-state index is 0.0861. The summed E-state index contributed by atoms with van der Waals surface area (Å²) in [5, 5.41) is 13.5. The molecule has 3 aliphatic rings. The van der Waals surface area contributed by atoms with E-state index in [0.29, 0.717) is 49.3 Å². The highest BCUT2D eigenvalue weighted by molar-refractivity contribution is 7.16. The molecule has 0 bridgehead atoms. The Kier molecular flexibility index (Phi) is 6.89. The van der Waals surface area contributed by atoms with Crippen LogP contribution in [0, 0.1) is 22.7 Å². The average Bonchev–Trinajstić information content (AvgIpc) is 3.40. The standard InChI is InChI=1S/C24H34N4O3S/c1-24(2,3)16-6-7-17-18(14-25)22(32-20(17)13-16)26-21(29)15-27-8-10-28(11-9-27)23(30)19-5-4-12-31-19/h16,19H,4-13,15H2,1-3H3,(H,26,29)/t16-,19+/m1/s1. The van der Waals surface area contributed by atoms with E-state index in [0.717, 1.165) is 37.7 Å². The van der Waals surface area contributed by atoms with E-state index in [1.54, 1.807) is 11.3 Å². The van der Waals surface area contributed by atoms with E-state index < -0.39 is 0 Å². The number of ether oxygens (including phenoxy) is 1. The molecule has 4 rings (SSSR count). The summed E-state index contributed by atoms with van der Waals surface area (Å²) in [6, 6.07) is 2.34. The molecule has 0 saturated carbocycles. The van der Waals surface area contributed by atoms with Gasteiger partial charge in [0.05, 0.1) is 12.1 Å². The van der Waals surface area contributed by atoms with Crippen LogP contribution in [0.2, 0.25) is 0 Å². The molecular weight excluding hydrogens is 424 g/mol. The number of amides is 2. The van der Waals surface area contributed by atoms with Gasteiger partial charge in [0.25, 0.3) is 5.91 Å². The van der Waals surface area contributed by atoms with Crippen molar-refractivity contribution < 1.29 is 14.3 Å². The van der Waals surface area contributed by atoms with Gasteiger partial charge in [0.2, 0.25) is 5.91 Å². The number of rotatable bonds is 4. The van der Waals surface area contributed by atoms with Gasteiger partial charge in [-0.1, -0.05) is 20.8 Å². The van der Waals surface area contributed by atoms with Gasteiger partial charge in [-0.15, -0.1) is 11.3 Å². The highest BCUT2D eigenvalue weighted by Crippen LogP contribution is 2.43. The number of fused-ring (bicyclic) bond motifs is 1. The third-order valence-corrected chi connectivity index (χ3v) is 8.28. The van der Waals surface area contributed by atoms with Crippen molar-refractivity contribution in [2.45, 2.75) is 59.0 Å². The number of nitrogens with one attached hydrogen (secondary N) is 1. The Bertz CT molecular complexity index is 900. The largest absolute Gasteiger partial charge is 0.368 e. The number of carbonyl (C=O) groups excluding carboxylic acids is 2. The smallest absolute Gasteiger partial charge is 0.251 e. The minimum atomic E-state index is -0.281. The molecule has 0 radical (unpaired) electrons. The topological polar surface area (TPSA) is 85.7 Å². The molecular formula is C24H34N4O3S. The summed E-state index contributed by atoms with van der Waals surface area (Å²) in [5.41, 5.74) is 2.03. The number of nitriles is 1.